The SMILES string of the molecule is CC1CCC(CN)C(Cc2nccn2C)C1. The van der Waals surface area contributed by atoms with Gasteiger partial charge in [-0.3, -0.25) is 0 Å². The van der Waals surface area contributed by atoms with Crippen molar-refractivity contribution in [2.24, 2.45) is 30.5 Å². The predicted molar refractivity (Wildman–Crippen MR) is 66.0 cm³/mol. The van der Waals surface area contributed by atoms with Gasteiger partial charge in [-0.15, -0.1) is 0 Å². The summed E-state index contributed by atoms with van der Waals surface area (Å²) in [5.41, 5.74) is 5.88. The van der Waals surface area contributed by atoms with E-state index in [1.165, 1.54) is 25.1 Å². The summed E-state index contributed by atoms with van der Waals surface area (Å²) in [7, 11) is 2.08. The zero-order valence-electron chi connectivity index (χ0n) is 10.4. The third-order valence-electron chi connectivity index (χ3n) is 4.07. The summed E-state index contributed by atoms with van der Waals surface area (Å²) in [5, 5.41) is 0. The maximum atomic E-state index is 5.88. The van der Waals surface area contributed by atoms with Gasteiger partial charge >= 0.3 is 0 Å². The van der Waals surface area contributed by atoms with Crippen LogP contribution >= 0.6 is 0 Å². The summed E-state index contributed by atoms with van der Waals surface area (Å²) in [6, 6.07) is 0. The molecule has 3 atom stereocenters. The molecule has 3 unspecified atom stereocenters. The average molecular weight is 221 g/mol. The highest BCUT2D eigenvalue weighted by Crippen LogP contribution is 2.34. The maximum absolute atomic E-state index is 5.88. The number of nitrogens with two attached hydrogens (primary N) is 1. The third kappa shape index (κ3) is 2.46. The number of rotatable bonds is 3. The van der Waals surface area contributed by atoms with Gasteiger partial charge in [-0.25, -0.2) is 4.98 Å². The first-order chi connectivity index (χ1) is 7.70. The van der Waals surface area contributed by atoms with Gasteiger partial charge in [0, 0.05) is 25.9 Å². The Labute approximate surface area is 98.1 Å². The van der Waals surface area contributed by atoms with Crippen molar-refractivity contribution in [2.75, 3.05) is 6.54 Å². The second-order valence-corrected chi connectivity index (χ2v) is 5.33. The molecule has 1 heterocycles. The van der Waals surface area contributed by atoms with Crippen LogP contribution in [0, 0.1) is 17.8 Å². The number of hydrogen-bond acceptors (Lipinski definition) is 2. The van der Waals surface area contributed by atoms with Crippen LogP contribution < -0.4 is 5.73 Å². The molecule has 2 rings (SSSR count). The fraction of sp³-hybridized carbons (Fsp3) is 0.769. The van der Waals surface area contributed by atoms with E-state index in [9.17, 15) is 0 Å². The summed E-state index contributed by atoms with van der Waals surface area (Å²) in [6.07, 6.45) is 8.97. The van der Waals surface area contributed by atoms with Gasteiger partial charge in [-0.1, -0.05) is 13.3 Å². The first-order valence-corrected chi connectivity index (χ1v) is 6.37. The van der Waals surface area contributed by atoms with E-state index in [-0.39, 0.29) is 0 Å². The van der Waals surface area contributed by atoms with E-state index in [4.69, 9.17) is 5.73 Å². The van der Waals surface area contributed by atoms with Crippen molar-refractivity contribution in [2.45, 2.75) is 32.6 Å². The number of aryl methyl sites for hydroxylation is 1. The van der Waals surface area contributed by atoms with Gasteiger partial charge in [0.25, 0.3) is 0 Å². The quantitative estimate of drug-likeness (QED) is 0.848. The van der Waals surface area contributed by atoms with E-state index >= 15 is 0 Å². The lowest BCUT2D eigenvalue weighted by molar-refractivity contribution is 0.190. The first-order valence-electron chi connectivity index (χ1n) is 6.37. The molecule has 1 aliphatic carbocycles. The fourth-order valence-electron chi connectivity index (χ4n) is 2.95. The zero-order valence-corrected chi connectivity index (χ0v) is 10.4. The van der Waals surface area contributed by atoms with E-state index < -0.39 is 0 Å². The van der Waals surface area contributed by atoms with Crippen LogP contribution in [0.25, 0.3) is 0 Å². The van der Waals surface area contributed by atoms with Crippen molar-refractivity contribution >= 4 is 0 Å². The van der Waals surface area contributed by atoms with Gasteiger partial charge in [0.2, 0.25) is 0 Å². The van der Waals surface area contributed by atoms with Crippen LogP contribution in [0.5, 0.6) is 0 Å². The molecule has 0 amide bonds. The molecule has 90 valence electrons. The highest BCUT2D eigenvalue weighted by atomic mass is 15.0. The topological polar surface area (TPSA) is 43.8 Å². The van der Waals surface area contributed by atoms with Gasteiger partial charge in [-0.2, -0.15) is 0 Å². The predicted octanol–water partition coefficient (Wildman–Crippen LogP) is 1.97. The molecule has 2 N–H and O–H groups in total. The minimum Gasteiger partial charge on any atom is -0.338 e. The lowest BCUT2D eigenvalue weighted by Crippen LogP contribution is -2.31. The zero-order chi connectivity index (χ0) is 11.5. The van der Waals surface area contributed by atoms with Crippen molar-refractivity contribution < 1.29 is 0 Å². The van der Waals surface area contributed by atoms with Crippen LogP contribution in [-0.4, -0.2) is 16.1 Å². The Hall–Kier alpha value is -0.830. The van der Waals surface area contributed by atoms with Crippen LogP contribution in [0.1, 0.15) is 32.0 Å². The Bertz CT molecular complexity index is 332. The molecule has 16 heavy (non-hydrogen) atoms. The molecular weight excluding hydrogens is 198 g/mol. The highest BCUT2D eigenvalue weighted by molar-refractivity contribution is 4.95. The number of hydrogen-bond donors (Lipinski definition) is 1. The summed E-state index contributed by atoms with van der Waals surface area (Å²) in [4.78, 5) is 4.43. The van der Waals surface area contributed by atoms with Crippen molar-refractivity contribution in [3.8, 4) is 0 Å². The normalized spacial score (nSPS) is 30.6. The minimum absolute atomic E-state index is 0.702. The monoisotopic (exact) mass is 221 g/mol. The van der Waals surface area contributed by atoms with Crippen LogP contribution in [0.4, 0.5) is 0 Å². The fourth-order valence-corrected chi connectivity index (χ4v) is 2.95. The Morgan fingerprint density at radius 3 is 2.88 bits per heavy atom. The number of aromatic nitrogens is 2. The van der Waals surface area contributed by atoms with E-state index in [1.807, 2.05) is 12.4 Å². The van der Waals surface area contributed by atoms with Gasteiger partial charge in [0.1, 0.15) is 5.82 Å². The second-order valence-electron chi connectivity index (χ2n) is 5.33. The molecule has 3 heteroatoms. The van der Waals surface area contributed by atoms with Crippen LogP contribution in [0.15, 0.2) is 12.4 Å². The molecule has 0 aromatic carbocycles. The molecule has 1 fully saturated rings. The molecule has 3 nitrogen and oxygen atoms in total. The number of nitrogens with zero attached hydrogens (tertiary/aromatic N) is 2. The number of imidazole rings is 1. The second kappa shape index (κ2) is 5.00. The molecule has 0 bridgehead atoms. The van der Waals surface area contributed by atoms with Gasteiger partial charge in [0.05, 0.1) is 0 Å². The molecule has 1 aliphatic rings. The van der Waals surface area contributed by atoms with Crippen LogP contribution in [0.2, 0.25) is 0 Å². The maximum Gasteiger partial charge on any atom is 0.108 e. The Morgan fingerprint density at radius 1 is 1.44 bits per heavy atom. The lowest BCUT2D eigenvalue weighted by atomic mass is 9.73. The van der Waals surface area contributed by atoms with Crippen LogP contribution in [0.3, 0.4) is 0 Å². The third-order valence-corrected chi connectivity index (χ3v) is 4.07. The van der Waals surface area contributed by atoms with E-state index in [0.717, 1.165) is 24.8 Å². The summed E-state index contributed by atoms with van der Waals surface area (Å²) < 4.78 is 2.13. The molecule has 1 aromatic rings. The van der Waals surface area contributed by atoms with Crippen molar-refractivity contribution in [1.29, 1.82) is 0 Å². The molecular formula is C13H23N3. The van der Waals surface area contributed by atoms with Crippen molar-refractivity contribution in [1.82, 2.24) is 9.55 Å². The Balaban J connectivity index is 2.03. The van der Waals surface area contributed by atoms with E-state index in [2.05, 4.69) is 23.5 Å². The smallest absolute Gasteiger partial charge is 0.108 e. The first kappa shape index (κ1) is 11.6. The Kier molecular flexibility index (Phi) is 3.64. The molecule has 0 aliphatic heterocycles. The summed E-state index contributed by atoms with van der Waals surface area (Å²) in [6.45, 7) is 3.19. The van der Waals surface area contributed by atoms with Gasteiger partial charge < -0.3 is 10.3 Å². The molecule has 0 saturated heterocycles. The largest absolute Gasteiger partial charge is 0.338 e. The molecule has 1 saturated carbocycles. The van der Waals surface area contributed by atoms with Crippen molar-refractivity contribution in [3.63, 3.8) is 0 Å². The average Bonchev–Trinajstić information content (AvgIpc) is 2.65. The van der Waals surface area contributed by atoms with E-state index in [0.29, 0.717) is 5.92 Å². The Morgan fingerprint density at radius 2 is 2.25 bits per heavy atom. The summed E-state index contributed by atoms with van der Waals surface area (Å²) in [5.74, 6) is 3.49. The summed E-state index contributed by atoms with van der Waals surface area (Å²) >= 11 is 0. The molecule has 0 spiro atoms. The van der Waals surface area contributed by atoms with E-state index in [1.54, 1.807) is 0 Å². The van der Waals surface area contributed by atoms with Gasteiger partial charge in [-0.05, 0) is 37.1 Å². The molecule has 1 aromatic heterocycles. The van der Waals surface area contributed by atoms with Crippen LogP contribution in [-0.2, 0) is 13.5 Å². The van der Waals surface area contributed by atoms with Crippen molar-refractivity contribution in [3.05, 3.63) is 18.2 Å². The minimum atomic E-state index is 0.702. The van der Waals surface area contributed by atoms with Gasteiger partial charge in [0.15, 0.2) is 0 Å². The highest BCUT2D eigenvalue weighted by Gasteiger charge is 2.28. The standard InChI is InChI=1S/C13H23N3/c1-10-3-4-11(9-14)12(7-10)8-13-15-5-6-16(13)2/h5-6,10-12H,3-4,7-9,14H2,1-2H3. The molecule has 0 radical (unpaired) electrons. The lowest BCUT2D eigenvalue weighted by Gasteiger charge is -2.34.